The summed E-state index contributed by atoms with van der Waals surface area (Å²) < 4.78 is 0. The third-order valence-electron chi connectivity index (χ3n) is 1.48. The molecule has 0 spiro atoms. The van der Waals surface area contributed by atoms with Crippen LogP contribution in [0.3, 0.4) is 0 Å². The Bertz CT molecular complexity index is 123. The summed E-state index contributed by atoms with van der Waals surface area (Å²) in [6, 6.07) is 0. The van der Waals surface area contributed by atoms with Gasteiger partial charge in [-0.05, 0) is 31.4 Å². The monoisotopic (exact) mass is 140 g/mol. The Morgan fingerprint density at radius 2 is 2.20 bits per heavy atom. The van der Waals surface area contributed by atoms with Crippen molar-refractivity contribution in [3.05, 3.63) is 24.0 Å². The van der Waals surface area contributed by atoms with Crippen molar-refractivity contribution in [1.82, 2.24) is 0 Å². The Morgan fingerprint density at radius 1 is 1.50 bits per heavy atom. The second-order valence-corrected chi connectivity index (χ2v) is 2.28. The van der Waals surface area contributed by atoms with E-state index < -0.39 is 0 Å². The van der Waals surface area contributed by atoms with Gasteiger partial charge in [-0.2, -0.15) is 0 Å². The van der Waals surface area contributed by atoms with Crippen LogP contribution in [0.15, 0.2) is 24.0 Å². The maximum absolute atomic E-state index is 8.45. The molecule has 0 bridgehead atoms. The van der Waals surface area contributed by atoms with Crippen LogP contribution in [-0.4, -0.2) is 5.11 Å². The van der Waals surface area contributed by atoms with Gasteiger partial charge in [-0.25, -0.2) is 0 Å². The van der Waals surface area contributed by atoms with Gasteiger partial charge in [-0.15, -0.1) is 0 Å². The molecular weight excluding hydrogens is 124 g/mol. The van der Waals surface area contributed by atoms with Crippen molar-refractivity contribution in [1.29, 1.82) is 0 Å². The van der Waals surface area contributed by atoms with E-state index in [1.165, 1.54) is 18.4 Å². The van der Waals surface area contributed by atoms with Crippen LogP contribution >= 0.6 is 0 Å². The predicted molar refractivity (Wildman–Crippen MR) is 45.1 cm³/mol. The SMILES string of the molecule is C/C=C(\C=C\O)CCCC. The summed E-state index contributed by atoms with van der Waals surface area (Å²) in [7, 11) is 0. The van der Waals surface area contributed by atoms with Crippen LogP contribution in [0.2, 0.25) is 0 Å². The summed E-state index contributed by atoms with van der Waals surface area (Å²) in [5, 5.41) is 8.45. The summed E-state index contributed by atoms with van der Waals surface area (Å²) in [6.45, 7) is 4.15. The van der Waals surface area contributed by atoms with E-state index >= 15 is 0 Å². The van der Waals surface area contributed by atoms with Crippen molar-refractivity contribution < 1.29 is 5.11 Å². The molecule has 1 N–H and O–H groups in total. The van der Waals surface area contributed by atoms with Gasteiger partial charge in [0, 0.05) is 0 Å². The van der Waals surface area contributed by atoms with Crippen molar-refractivity contribution in [3.63, 3.8) is 0 Å². The van der Waals surface area contributed by atoms with Gasteiger partial charge in [0.25, 0.3) is 0 Å². The highest BCUT2D eigenvalue weighted by molar-refractivity contribution is 5.15. The summed E-state index contributed by atoms with van der Waals surface area (Å²) in [5.74, 6) is 0. The van der Waals surface area contributed by atoms with Crippen molar-refractivity contribution in [2.75, 3.05) is 0 Å². The Labute approximate surface area is 63.1 Å². The molecule has 0 aliphatic rings. The lowest BCUT2D eigenvalue weighted by atomic mass is 10.1. The zero-order valence-electron chi connectivity index (χ0n) is 6.80. The highest BCUT2D eigenvalue weighted by Crippen LogP contribution is 2.07. The molecule has 0 amide bonds. The Kier molecular flexibility index (Phi) is 5.94. The number of allylic oxidation sites excluding steroid dienone is 3. The lowest BCUT2D eigenvalue weighted by molar-refractivity contribution is 0.472. The molecule has 0 saturated heterocycles. The topological polar surface area (TPSA) is 20.2 Å². The van der Waals surface area contributed by atoms with Crippen LogP contribution in [0, 0.1) is 0 Å². The normalized spacial score (nSPS) is 12.8. The molecule has 1 heteroatoms. The fourth-order valence-corrected chi connectivity index (χ4v) is 0.801. The minimum Gasteiger partial charge on any atom is -0.516 e. The third kappa shape index (κ3) is 4.19. The maximum Gasteiger partial charge on any atom is 0.0794 e. The minimum atomic E-state index is 1.07. The van der Waals surface area contributed by atoms with Crippen molar-refractivity contribution in [3.8, 4) is 0 Å². The van der Waals surface area contributed by atoms with Gasteiger partial charge in [0.2, 0.25) is 0 Å². The molecule has 58 valence electrons. The second kappa shape index (κ2) is 6.40. The maximum atomic E-state index is 8.45. The molecule has 0 aromatic rings. The van der Waals surface area contributed by atoms with E-state index in [1.807, 2.05) is 13.0 Å². The molecule has 0 unspecified atom stereocenters. The molecule has 0 aromatic carbocycles. The largest absolute Gasteiger partial charge is 0.516 e. The van der Waals surface area contributed by atoms with E-state index in [4.69, 9.17) is 5.11 Å². The summed E-state index contributed by atoms with van der Waals surface area (Å²) in [5.41, 5.74) is 1.21. The molecule has 0 atom stereocenters. The highest BCUT2D eigenvalue weighted by Gasteiger charge is 1.88. The van der Waals surface area contributed by atoms with Gasteiger partial charge < -0.3 is 5.11 Å². The van der Waals surface area contributed by atoms with Gasteiger partial charge >= 0.3 is 0 Å². The van der Waals surface area contributed by atoms with Crippen LogP contribution in [0.4, 0.5) is 0 Å². The van der Waals surface area contributed by atoms with E-state index in [1.54, 1.807) is 6.08 Å². The summed E-state index contributed by atoms with van der Waals surface area (Å²) in [6.07, 6.45) is 8.35. The Balaban J connectivity index is 3.62. The van der Waals surface area contributed by atoms with Crippen LogP contribution < -0.4 is 0 Å². The first-order valence-electron chi connectivity index (χ1n) is 3.81. The van der Waals surface area contributed by atoms with Crippen LogP contribution in [0.25, 0.3) is 0 Å². The molecule has 0 aromatic heterocycles. The van der Waals surface area contributed by atoms with Crippen LogP contribution in [-0.2, 0) is 0 Å². The molecule has 0 saturated carbocycles. The van der Waals surface area contributed by atoms with E-state index in [9.17, 15) is 0 Å². The average Bonchev–Trinajstić information content (AvgIpc) is 1.98. The highest BCUT2D eigenvalue weighted by atomic mass is 16.2. The first-order chi connectivity index (χ1) is 4.85. The molecule has 10 heavy (non-hydrogen) atoms. The standard InChI is InChI=1S/C9H16O/c1-3-5-6-9(4-2)7-8-10/h4,7-8,10H,3,5-6H2,1-2H3/b8-7+,9-4-. The third-order valence-corrected chi connectivity index (χ3v) is 1.48. The first-order valence-corrected chi connectivity index (χ1v) is 3.81. The van der Waals surface area contributed by atoms with Gasteiger partial charge in [0.1, 0.15) is 0 Å². The Morgan fingerprint density at radius 3 is 2.60 bits per heavy atom. The number of unbranched alkanes of at least 4 members (excludes halogenated alkanes) is 1. The summed E-state index contributed by atoms with van der Waals surface area (Å²) in [4.78, 5) is 0. The minimum absolute atomic E-state index is 1.07. The van der Waals surface area contributed by atoms with Crippen molar-refractivity contribution >= 4 is 0 Å². The molecule has 0 radical (unpaired) electrons. The smallest absolute Gasteiger partial charge is 0.0794 e. The molecule has 1 nitrogen and oxygen atoms in total. The molecule has 0 rings (SSSR count). The Hall–Kier alpha value is -0.720. The lowest BCUT2D eigenvalue weighted by Crippen LogP contribution is -1.77. The zero-order valence-corrected chi connectivity index (χ0v) is 6.80. The lowest BCUT2D eigenvalue weighted by Gasteiger charge is -1.96. The van der Waals surface area contributed by atoms with Crippen LogP contribution in [0.5, 0.6) is 0 Å². The fourth-order valence-electron chi connectivity index (χ4n) is 0.801. The quantitative estimate of drug-likeness (QED) is 0.469. The van der Waals surface area contributed by atoms with Crippen molar-refractivity contribution in [2.45, 2.75) is 33.1 Å². The first kappa shape index (κ1) is 9.28. The molecule has 0 aliphatic carbocycles. The number of hydrogen-bond acceptors (Lipinski definition) is 1. The average molecular weight is 140 g/mol. The van der Waals surface area contributed by atoms with E-state index in [2.05, 4.69) is 6.92 Å². The van der Waals surface area contributed by atoms with E-state index in [0.29, 0.717) is 0 Å². The number of aliphatic hydroxyl groups is 1. The van der Waals surface area contributed by atoms with E-state index in [-0.39, 0.29) is 0 Å². The van der Waals surface area contributed by atoms with Gasteiger partial charge in [0.05, 0.1) is 6.26 Å². The van der Waals surface area contributed by atoms with Crippen LogP contribution in [0.1, 0.15) is 33.1 Å². The number of aliphatic hydroxyl groups excluding tert-OH is 1. The molecule has 0 heterocycles. The van der Waals surface area contributed by atoms with Gasteiger partial charge in [0.15, 0.2) is 0 Å². The number of rotatable bonds is 4. The zero-order chi connectivity index (χ0) is 7.82. The molecule has 0 aliphatic heterocycles. The van der Waals surface area contributed by atoms with Gasteiger partial charge in [-0.3, -0.25) is 0 Å². The predicted octanol–water partition coefficient (Wildman–Crippen LogP) is 3.19. The van der Waals surface area contributed by atoms with Crippen molar-refractivity contribution in [2.24, 2.45) is 0 Å². The fraction of sp³-hybridized carbons (Fsp3) is 0.556. The number of hydrogen-bond donors (Lipinski definition) is 1. The van der Waals surface area contributed by atoms with Gasteiger partial charge in [-0.1, -0.05) is 19.4 Å². The summed E-state index contributed by atoms with van der Waals surface area (Å²) >= 11 is 0. The molecular formula is C9H16O. The second-order valence-electron chi connectivity index (χ2n) is 2.28. The molecule has 0 fully saturated rings. The van der Waals surface area contributed by atoms with E-state index in [0.717, 1.165) is 12.7 Å².